The summed E-state index contributed by atoms with van der Waals surface area (Å²) in [6, 6.07) is 3.99. The molecule has 1 heterocycles. The summed E-state index contributed by atoms with van der Waals surface area (Å²) in [5, 5.41) is 12.4. The van der Waals surface area contributed by atoms with Crippen molar-refractivity contribution >= 4 is 17.6 Å². The number of hydrogen-bond donors (Lipinski definition) is 2. The minimum absolute atomic E-state index is 0.199. The molecule has 84 valence electrons. The number of aliphatic hydroxyl groups is 1. The normalized spacial score (nSPS) is 12.5. The summed E-state index contributed by atoms with van der Waals surface area (Å²) in [7, 11) is 0. The number of nitrogens with zero attached hydrogens (tertiary/aromatic N) is 1. The van der Waals surface area contributed by atoms with Crippen molar-refractivity contribution in [3.63, 3.8) is 0 Å². The van der Waals surface area contributed by atoms with Gasteiger partial charge in [0.05, 0.1) is 6.61 Å². The molecule has 1 unspecified atom stereocenters. The van der Waals surface area contributed by atoms with Crippen LogP contribution in [0.15, 0.2) is 23.2 Å². The van der Waals surface area contributed by atoms with Gasteiger partial charge in [-0.15, -0.1) is 11.8 Å². The summed E-state index contributed by atoms with van der Waals surface area (Å²) < 4.78 is 0. The molecule has 0 aromatic carbocycles. The van der Waals surface area contributed by atoms with Crippen molar-refractivity contribution in [1.29, 1.82) is 0 Å². The van der Waals surface area contributed by atoms with E-state index >= 15 is 0 Å². The van der Waals surface area contributed by atoms with Crippen LogP contribution in [0.25, 0.3) is 0 Å². The highest BCUT2D eigenvalue weighted by Crippen LogP contribution is 2.24. The van der Waals surface area contributed by atoms with E-state index in [0.29, 0.717) is 0 Å². The topological polar surface area (TPSA) is 45.1 Å². The molecule has 3 nitrogen and oxygen atoms in total. The Labute approximate surface area is 95.3 Å². The zero-order valence-electron chi connectivity index (χ0n) is 9.23. The van der Waals surface area contributed by atoms with Gasteiger partial charge in [-0.05, 0) is 18.6 Å². The fraction of sp³-hybridized carbons (Fsp3) is 0.545. The molecular weight excluding hydrogens is 208 g/mol. The van der Waals surface area contributed by atoms with E-state index in [4.69, 9.17) is 5.11 Å². The van der Waals surface area contributed by atoms with Gasteiger partial charge in [0.1, 0.15) is 5.82 Å². The molecule has 4 heteroatoms. The molecule has 0 amide bonds. The number of anilines is 1. The summed E-state index contributed by atoms with van der Waals surface area (Å²) >= 11 is 1.66. The molecule has 1 aromatic heterocycles. The SMILES string of the molecule is CCCNc1cc(SC(C)CO)ccn1. The molecular formula is C11H18N2OS. The lowest BCUT2D eigenvalue weighted by atomic mass is 10.4. The second kappa shape index (κ2) is 6.69. The third kappa shape index (κ3) is 4.53. The minimum atomic E-state index is 0.199. The van der Waals surface area contributed by atoms with Gasteiger partial charge in [-0.25, -0.2) is 4.98 Å². The Morgan fingerprint density at radius 2 is 2.40 bits per heavy atom. The first-order valence-corrected chi connectivity index (χ1v) is 6.11. The predicted molar refractivity (Wildman–Crippen MR) is 65.4 cm³/mol. The van der Waals surface area contributed by atoms with E-state index in [1.807, 2.05) is 19.1 Å². The monoisotopic (exact) mass is 226 g/mol. The van der Waals surface area contributed by atoms with Crippen LogP contribution in [0.3, 0.4) is 0 Å². The third-order valence-electron chi connectivity index (χ3n) is 1.88. The maximum atomic E-state index is 8.95. The molecule has 15 heavy (non-hydrogen) atoms. The van der Waals surface area contributed by atoms with Gasteiger partial charge in [0.25, 0.3) is 0 Å². The summed E-state index contributed by atoms with van der Waals surface area (Å²) in [4.78, 5) is 5.37. The van der Waals surface area contributed by atoms with Crippen LogP contribution in [0, 0.1) is 0 Å². The fourth-order valence-corrected chi connectivity index (χ4v) is 1.96. The van der Waals surface area contributed by atoms with E-state index in [9.17, 15) is 0 Å². The Hall–Kier alpha value is -0.740. The largest absolute Gasteiger partial charge is 0.395 e. The lowest BCUT2D eigenvalue weighted by Crippen LogP contribution is -2.03. The number of thioether (sulfide) groups is 1. The van der Waals surface area contributed by atoms with Crippen LogP contribution in [-0.4, -0.2) is 28.5 Å². The molecule has 1 atom stereocenters. The Morgan fingerprint density at radius 3 is 3.07 bits per heavy atom. The van der Waals surface area contributed by atoms with E-state index in [2.05, 4.69) is 17.2 Å². The molecule has 0 spiro atoms. The standard InChI is InChI=1S/C11H18N2OS/c1-3-5-12-11-7-10(4-6-13-11)15-9(2)8-14/h4,6-7,9,14H,3,5,8H2,1-2H3,(H,12,13). The van der Waals surface area contributed by atoms with Gasteiger partial charge in [0, 0.05) is 22.9 Å². The summed E-state index contributed by atoms with van der Waals surface area (Å²) in [5.74, 6) is 0.909. The number of aromatic nitrogens is 1. The number of hydrogen-bond acceptors (Lipinski definition) is 4. The zero-order chi connectivity index (χ0) is 11.1. The molecule has 0 radical (unpaired) electrons. The van der Waals surface area contributed by atoms with Crippen molar-refractivity contribution in [3.05, 3.63) is 18.3 Å². The molecule has 0 aliphatic rings. The van der Waals surface area contributed by atoms with E-state index in [0.717, 1.165) is 23.7 Å². The highest BCUT2D eigenvalue weighted by atomic mass is 32.2. The van der Waals surface area contributed by atoms with Gasteiger partial charge < -0.3 is 10.4 Å². The van der Waals surface area contributed by atoms with E-state index in [1.165, 1.54) is 0 Å². The average Bonchev–Trinajstić information content (AvgIpc) is 2.26. The average molecular weight is 226 g/mol. The molecule has 0 saturated carbocycles. The lowest BCUT2D eigenvalue weighted by Gasteiger charge is -2.09. The van der Waals surface area contributed by atoms with E-state index in [1.54, 1.807) is 18.0 Å². The van der Waals surface area contributed by atoms with Crippen LogP contribution in [0.1, 0.15) is 20.3 Å². The van der Waals surface area contributed by atoms with Crippen LogP contribution in [0.4, 0.5) is 5.82 Å². The fourth-order valence-electron chi connectivity index (χ4n) is 1.10. The van der Waals surface area contributed by atoms with Gasteiger partial charge in [0.2, 0.25) is 0 Å². The smallest absolute Gasteiger partial charge is 0.126 e. The lowest BCUT2D eigenvalue weighted by molar-refractivity contribution is 0.300. The molecule has 0 fully saturated rings. The number of aliphatic hydroxyl groups excluding tert-OH is 1. The maximum Gasteiger partial charge on any atom is 0.126 e. The van der Waals surface area contributed by atoms with E-state index in [-0.39, 0.29) is 11.9 Å². The van der Waals surface area contributed by atoms with Crippen molar-refractivity contribution in [1.82, 2.24) is 4.98 Å². The summed E-state index contributed by atoms with van der Waals surface area (Å²) in [6.45, 7) is 5.27. The molecule has 0 aliphatic carbocycles. The number of pyridine rings is 1. The van der Waals surface area contributed by atoms with Crippen molar-refractivity contribution in [2.24, 2.45) is 0 Å². The highest BCUT2D eigenvalue weighted by Gasteiger charge is 2.03. The Morgan fingerprint density at radius 1 is 1.60 bits per heavy atom. The van der Waals surface area contributed by atoms with Gasteiger partial charge in [0.15, 0.2) is 0 Å². The van der Waals surface area contributed by atoms with Crippen LogP contribution in [0.2, 0.25) is 0 Å². The first-order chi connectivity index (χ1) is 7.26. The molecule has 0 aliphatic heterocycles. The van der Waals surface area contributed by atoms with Crippen molar-refractivity contribution < 1.29 is 5.11 Å². The van der Waals surface area contributed by atoms with Crippen molar-refractivity contribution in [2.45, 2.75) is 30.4 Å². The Balaban J connectivity index is 2.57. The molecule has 2 N–H and O–H groups in total. The van der Waals surface area contributed by atoms with Crippen LogP contribution < -0.4 is 5.32 Å². The number of rotatable bonds is 6. The van der Waals surface area contributed by atoms with Crippen LogP contribution >= 0.6 is 11.8 Å². The minimum Gasteiger partial charge on any atom is -0.395 e. The predicted octanol–water partition coefficient (Wildman–Crippen LogP) is 2.38. The Bertz CT molecular complexity index is 294. The van der Waals surface area contributed by atoms with E-state index < -0.39 is 0 Å². The molecule has 0 bridgehead atoms. The zero-order valence-corrected chi connectivity index (χ0v) is 10.0. The first-order valence-electron chi connectivity index (χ1n) is 5.23. The van der Waals surface area contributed by atoms with Crippen molar-refractivity contribution in [2.75, 3.05) is 18.5 Å². The molecule has 1 rings (SSSR count). The number of nitrogens with one attached hydrogen (secondary N) is 1. The first kappa shape index (κ1) is 12.3. The summed E-state index contributed by atoms with van der Waals surface area (Å²) in [6.07, 6.45) is 2.89. The van der Waals surface area contributed by atoms with Gasteiger partial charge in [-0.3, -0.25) is 0 Å². The maximum absolute atomic E-state index is 8.95. The van der Waals surface area contributed by atoms with Gasteiger partial charge in [-0.1, -0.05) is 13.8 Å². The highest BCUT2D eigenvalue weighted by molar-refractivity contribution is 8.00. The molecule has 1 aromatic rings. The van der Waals surface area contributed by atoms with Gasteiger partial charge >= 0.3 is 0 Å². The summed E-state index contributed by atoms with van der Waals surface area (Å²) in [5.41, 5.74) is 0. The quantitative estimate of drug-likeness (QED) is 0.731. The second-order valence-electron chi connectivity index (χ2n) is 3.41. The second-order valence-corrected chi connectivity index (χ2v) is 4.93. The van der Waals surface area contributed by atoms with Crippen LogP contribution in [0.5, 0.6) is 0 Å². The third-order valence-corrected chi connectivity index (χ3v) is 2.96. The van der Waals surface area contributed by atoms with Crippen LogP contribution in [-0.2, 0) is 0 Å². The molecule has 0 saturated heterocycles. The Kier molecular flexibility index (Phi) is 5.50. The van der Waals surface area contributed by atoms with Crippen molar-refractivity contribution in [3.8, 4) is 0 Å². The van der Waals surface area contributed by atoms with Gasteiger partial charge in [-0.2, -0.15) is 0 Å².